The number of amides is 1. The van der Waals surface area contributed by atoms with Gasteiger partial charge in [0.05, 0.1) is 25.4 Å². The van der Waals surface area contributed by atoms with Crippen LogP contribution in [0.4, 0.5) is 0 Å². The van der Waals surface area contributed by atoms with Gasteiger partial charge in [-0.1, -0.05) is 19.1 Å². The zero-order valence-corrected chi connectivity index (χ0v) is 13.9. The fourth-order valence-corrected chi connectivity index (χ4v) is 2.62. The lowest BCUT2D eigenvalue weighted by Gasteiger charge is -2.16. The van der Waals surface area contributed by atoms with Gasteiger partial charge >= 0.3 is 5.97 Å². The van der Waals surface area contributed by atoms with Crippen molar-refractivity contribution in [3.05, 3.63) is 46.7 Å². The molecule has 0 aromatic heterocycles. The molecular weight excluding hydrogens is 294 g/mol. The molecule has 5 nitrogen and oxygen atoms in total. The predicted octanol–water partition coefficient (Wildman–Crippen LogP) is 2.78. The number of carbonyl (C=O) groups excluding carboxylic acids is 2. The van der Waals surface area contributed by atoms with Gasteiger partial charge in [0.1, 0.15) is 5.75 Å². The first-order valence-electron chi connectivity index (χ1n) is 7.50. The van der Waals surface area contributed by atoms with Crippen molar-refractivity contribution in [1.29, 1.82) is 0 Å². The van der Waals surface area contributed by atoms with Gasteiger partial charge in [0.25, 0.3) is 5.91 Å². The Balaban J connectivity index is 2.51. The fourth-order valence-electron chi connectivity index (χ4n) is 2.62. The Kier molecular flexibility index (Phi) is 5.21. The molecule has 2 rings (SSSR count). The summed E-state index contributed by atoms with van der Waals surface area (Å²) in [5.41, 5.74) is 2.11. The van der Waals surface area contributed by atoms with Crippen LogP contribution in [0.1, 0.15) is 25.8 Å². The SMILES string of the molecule is CCCN1C(=O)/C(=C\c2cccc(OC)c2)C(C(=O)OC)=C1C. The molecule has 0 unspecified atom stereocenters. The molecule has 0 atom stereocenters. The van der Waals surface area contributed by atoms with Crippen LogP contribution in [0.3, 0.4) is 0 Å². The first-order chi connectivity index (χ1) is 11.0. The second-order valence-electron chi connectivity index (χ2n) is 5.24. The van der Waals surface area contributed by atoms with E-state index in [1.165, 1.54) is 7.11 Å². The van der Waals surface area contributed by atoms with Crippen molar-refractivity contribution in [2.24, 2.45) is 0 Å². The van der Waals surface area contributed by atoms with Gasteiger partial charge in [0.15, 0.2) is 0 Å². The van der Waals surface area contributed by atoms with E-state index in [9.17, 15) is 9.59 Å². The molecular formula is C18H21NO4. The van der Waals surface area contributed by atoms with Gasteiger partial charge in [0.2, 0.25) is 0 Å². The molecule has 5 heteroatoms. The monoisotopic (exact) mass is 315 g/mol. The molecule has 1 heterocycles. The second kappa shape index (κ2) is 7.13. The number of carbonyl (C=O) groups is 2. The Hall–Kier alpha value is -2.56. The van der Waals surface area contributed by atoms with Gasteiger partial charge in [-0.25, -0.2) is 4.79 Å². The van der Waals surface area contributed by atoms with Crippen LogP contribution in [-0.2, 0) is 14.3 Å². The highest BCUT2D eigenvalue weighted by molar-refractivity contribution is 6.16. The Morgan fingerprint density at radius 3 is 2.65 bits per heavy atom. The molecule has 0 fully saturated rings. The summed E-state index contributed by atoms with van der Waals surface area (Å²) in [6, 6.07) is 7.33. The highest BCUT2D eigenvalue weighted by Gasteiger charge is 2.36. The minimum Gasteiger partial charge on any atom is -0.497 e. The quantitative estimate of drug-likeness (QED) is 0.619. The molecule has 0 radical (unpaired) electrons. The molecule has 0 saturated carbocycles. The summed E-state index contributed by atoms with van der Waals surface area (Å²) < 4.78 is 10.0. The van der Waals surface area contributed by atoms with E-state index in [1.54, 1.807) is 25.0 Å². The number of hydrogen-bond acceptors (Lipinski definition) is 4. The van der Waals surface area contributed by atoms with E-state index in [1.807, 2.05) is 31.2 Å². The van der Waals surface area contributed by atoms with Crippen LogP contribution in [0.5, 0.6) is 5.75 Å². The summed E-state index contributed by atoms with van der Waals surface area (Å²) in [5.74, 6) is 0.0201. The number of benzene rings is 1. The number of ether oxygens (including phenoxy) is 2. The predicted molar refractivity (Wildman–Crippen MR) is 87.7 cm³/mol. The third-order valence-electron chi connectivity index (χ3n) is 3.75. The Morgan fingerprint density at radius 2 is 2.04 bits per heavy atom. The molecule has 1 amide bonds. The van der Waals surface area contributed by atoms with Crippen molar-refractivity contribution < 1.29 is 19.1 Å². The van der Waals surface area contributed by atoms with E-state index in [0.717, 1.165) is 12.0 Å². The number of methoxy groups -OCH3 is 2. The Bertz CT molecular complexity index is 688. The molecule has 1 aromatic carbocycles. The number of allylic oxidation sites excluding steroid dienone is 1. The van der Waals surface area contributed by atoms with E-state index in [2.05, 4.69) is 0 Å². The van der Waals surface area contributed by atoms with E-state index in [4.69, 9.17) is 9.47 Å². The minimum atomic E-state index is -0.497. The number of rotatable bonds is 5. The maximum Gasteiger partial charge on any atom is 0.340 e. The average molecular weight is 315 g/mol. The second-order valence-corrected chi connectivity index (χ2v) is 5.24. The molecule has 122 valence electrons. The summed E-state index contributed by atoms with van der Waals surface area (Å²) in [6.07, 6.45) is 2.51. The first-order valence-corrected chi connectivity index (χ1v) is 7.50. The third kappa shape index (κ3) is 3.28. The van der Waals surface area contributed by atoms with Gasteiger partial charge in [0, 0.05) is 12.2 Å². The van der Waals surface area contributed by atoms with Crippen LogP contribution in [0.2, 0.25) is 0 Å². The summed E-state index contributed by atoms with van der Waals surface area (Å²) >= 11 is 0. The molecule has 0 saturated heterocycles. The van der Waals surface area contributed by atoms with E-state index < -0.39 is 5.97 Å². The van der Waals surface area contributed by atoms with Crippen molar-refractivity contribution in [3.8, 4) is 5.75 Å². The maximum absolute atomic E-state index is 12.7. The molecule has 1 aliphatic rings. The lowest BCUT2D eigenvalue weighted by molar-refractivity contribution is -0.136. The lowest BCUT2D eigenvalue weighted by Crippen LogP contribution is -2.25. The molecule has 0 bridgehead atoms. The van der Waals surface area contributed by atoms with Crippen molar-refractivity contribution in [2.75, 3.05) is 20.8 Å². The number of esters is 1. The van der Waals surface area contributed by atoms with Crippen LogP contribution in [0.15, 0.2) is 41.1 Å². The average Bonchev–Trinajstić information content (AvgIpc) is 2.79. The molecule has 0 aliphatic carbocycles. The van der Waals surface area contributed by atoms with Crippen molar-refractivity contribution in [1.82, 2.24) is 4.90 Å². The van der Waals surface area contributed by atoms with E-state index in [0.29, 0.717) is 29.1 Å². The van der Waals surface area contributed by atoms with Crippen LogP contribution in [-0.4, -0.2) is 37.5 Å². The summed E-state index contributed by atoms with van der Waals surface area (Å²) in [5, 5.41) is 0. The fraction of sp³-hybridized carbons (Fsp3) is 0.333. The van der Waals surface area contributed by atoms with Crippen molar-refractivity contribution >= 4 is 18.0 Å². The van der Waals surface area contributed by atoms with Gasteiger partial charge in [-0.2, -0.15) is 0 Å². The maximum atomic E-state index is 12.7. The normalized spacial score (nSPS) is 16.3. The van der Waals surface area contributed by atoms with Gasteiger partial charge in [-0.3, -0.25) is 4.79 Å². The topological polar surface area (TPSA) is 55.8 Å². The van der Waals surface area contributed by atoms with Crippen LogP contribution < -0.4 is 4.74 Å². The highest BCUT2D eigenvalue weighted by atomic mass is 16.5. The number of hydrogen-bond donors (Lipinski definition) is 0. The van der Waals surface area contributed by atoms with Crippen molar-refractivity contribution in [3.63, 3.8) is 0 Å². The highest BCUT2D eigenvalue weighted by Crippen LogP contribution is 2.32. The zero-order chi connectivity index (χ0) is 17.0. The van der Waals surface area contributed by atoms with Crippen molar-refractivity contribution in [2.45, 2.75) is 20.3 Å². The van der Waals surface area contributed by atoms with E-state index in [-0.39, 0.29) is 5.91 Å². The lowest BCUT2D eigenvalue weighted by atomic mass is 10.0. The Labute approximate surface area is 136 Å². The van der Waals surface area contributed by atoms with Gasteiger partial charge in [-0.05, 0) is 37.1 Å². The van der Waals surface area contributed by atoms with Crippen LogP contribution >= 0.6 is 0 Å². The van der Waals surface area contributed by atoms with Crippen LogP contribution in [0, 0.1) is 0 Å². The van der Waals surface area contributed by atoms with Crippen LogP contribution in [0.25, 0.3) is 6.08 Å². The standard InChI is InChI=1S/C18H21NO4/c1-5-9-19-12(2)16(18(21)23-4)15(17(19)20)11-13-7-6-8-14(10-13)22-3/h6-8,10-11H,5,9H2,1-4H3/b15-11-. The summed E-state index contributed by atoms with van der Waals surface area (Å²) in [6.45, 7) is 4.33. The van der Waals surface area contributed by atoms with Gasteiger partial charge in [-0.15, -0.1) is 0 Å². The smallest absolute Gasteiger partial charge is 0.340 e. The first kappa shape index (κ1) is 16.8. The number of nitrogens with zero attached hydrogens (tertiary/aromatic N) is 1. The summed E-state index contributed by atoms with van der Waals surface area (Å²) in [7, 11) is 2.90. The molecule has 1 aliphatic heterocycles. The van der Waals surface area contributed by atoms with Gasteiger partial charge < -0.3 is 14.4 Å². The van der Waals surface area contributed by atoms with E-state index >= 15 is 0 Å². The minimum absolute atomic E-state index is 0.174. The zero-order valence-electron chi connectivity index (χ0n) is 13.9. The molecule has 23 heavy (non-hydrogen) atoms. The molecule has 0 spiro atoms. The summed E-state index contributed by atoms with van der Waals surface area (Å²) in [4.78, 5) is 26.4. The Morgan fingerprint density at radius 1 is 1.30 bits per heavy atom. The molecule has 0 N–H and O–H groups in total. The largest absolute Gasteiger partial charge is 0.497 e. The third-order valence-corrected chi connectivity index (χ3v) is 3.75. The molecule has 1 aromatic rings.